The van der Waals surface area contributed by atoms with Crippen molar-refractivity contribution in [2.75, 3.05) is 17.7 Å². The summed E-state index contributed by atoms with van der Waals surface area (Å²) in [6, 6.07) is 4.80. The van der Waals surface area contributed by atoms with Crippen LogP contribution in [0.4, 0.5) is 5.69 Å². The van der Waals surface area contributed by atoms with Crippen LogP contribution >= 0.6 is 11.8 Å². The van der Waals surface area contributed by atoms with Crippen molar-refractivity contribution in [2.24, 2.45) is 5.14 Å². The van der Waals surface area contributed by atoms with E-state index in [9.17, 15) is 13.2 Å². The van der Waals surface area contributed by atoms with Crippen LogP contribution in [-0.4, -0.2) is 27.1 Å². The first-order chi connectivity index (χ1) is 8.27. The van der Waals surface area contributed by atoms with Gasteiger partial charge in [-0.25, -0.2) is 13.6 Å². The van der Waals surface area contributed by atoms with E-state index in [1.54, 1.807) is 19.2 Å². The summed E-state index contributed by atoms with van der Waals surface area (Å²) < 4.78 is 23.1. The molecule has 0 fully saturated rings. The van der Waals surface area contributed by atoms with Crippen molar-refractivity contribution in [1.29, 1.82) is 0 Å². The Morgan fingerprint density at radius 3 is 2.50 bits per heavy atom. The van der Waals surface area contributed by atoms with Gasteiger partial charge in [-0.2, -0.15) is 0 Å². The molecule has 0 saturated heterocycles. The van der Waals surface area contributed by atoms with E-state index >= 15 is 0 Å². The van der Waals surface area contributed by atoms with Crippen LogP contribution in [0.3, 0.4) is 0 Å². The number of carbonyl (C=O) groups is 1. The molecule has 0 aliphatic carbocycles. The van der Waals surface area contributed by atoms with Crippen LogP contribution in [0.5, 0.6) is 0 Å². The molecule has 0 saturated carbocycles. The van der Waals surface area contributed by atoms with E-state index in [0.29, 0.717) is 10.6 Å². The van der Waals surface area contributed by atoms with E-state index in [4.69, 9.17) is 5.14 Å². The molecule has 0 heterocycles. The molecule has 100 valence electrons. The number of nitrogens with two attached hydrogens (primary N) is 1. The minimum Gasteiger partial charge on any atom is -0.316 e. The molecular weight excluding hydrogens is 272 g/mol. The van der Waals surface area contributed by atoms with E-state index in [-0.39, 0.29) is 10.8 Å². The molecule has 1 aromatic rings. The van der Waals surface area contributed by atoms with Gasteiger partial charge in [-0.1, -0.05) is 6.92 Å². The van der Waals surface area contributed by atoms with Crippen LogP contribution in [-0.2, 0) is 14.8 Å². The van der Waals surface area contributed by atoms with Gasteiger partial charge in [0.15, 0.2) is 0 Å². The summed E-state index contributed by atoms with van der Waals surface area (Å²) in [5.74, 6) is 0.566. The monoisotopic (exact) mass is 288 g/mol. The summed E-state index contributed by atoms with van der Waals surface area (Å²) in [6.07, 6.45) is 0. The number of sulfonamides is 1. The summed E-state index contributed by atoms with van der Waals surface area (Å²) in [5.41, 5.74) is 0.506. The SMILES string of the molecule is CCSc1ccc(N(C)C(C)=O)cc1S(N)(=O)=O. The van der Waals surface area contributed by atoms with Crippen LogP contribution in [0.15, 0.2) is 28.0 Å². The molecule has 0 unspecified atom stereocenters. The lowest BCUT2D eigenvalue weighted by molar-refractivity contribution is -0.116. The van der Waals surface area contributed by atoms with Gasteiger partial charge in [0.05, 0.1) is 4.90 Å². The van der Waals surface area contributed by atoms with Gasteiger partial charge in [-0.3, -0.25) is 4.79 Å². The van der Waals surface area contributed by atoms with Gasteiger partial charge < -0.3 is 4.90 Å². The molecule has 5 nitrogen and oxygen atoms in total. The van der Waals surface area contributed by atoms with Crippen molar-refractivity contribution < 1.29 is 13.2 Å². The number of hydrogen-bond acceptors (Lipinski definition) is 4. The molecule has 0 radical (unpaired) electrons. The summed E-state index contributed by atoms with van der Waals surface area (Å²) in [4.78, 5) is 13.3. The number of rotatable bonds is 4. The number of primary sulfonamides is 1. The first kappa shape index (κ1) is 15.0. The van der Waals surface area contributed by atoms with Gasteiger partial charge in [-0.15, -0.1) is 11.8 Å². The highest BCUT2D eigenvalue weighted by atomic mass is 32.2. The predicted octanol–water partition coefficient (Wildman–Crippen LogP) is 1.43. The summed E-state index contributed by atoms with van der Waals surface area (Å²) in [5, 5.41) is 5.19. The van der Waals surface area contributed by atoms with Gasteiger partial charge >= 0.3 is 0 Å². The Bertz CT molecular complexity index is 555. The number of thioether (sulfide) groups is 1. The van der Waals surface area contributed by atoms with Crippen molar-refractivity contribution in [3.63, 3.8) is 0 Å². The molecule has 0 bridgehead atoms. The number of anilines is 1. The first-order valence-electron chi connectivity index (χ1n) is 5.31. The second kappa shape index (κ2) is 5.73. The summed E-state index contributed by atoms with van der Waals surface area (Å²) in [7, 11) is -2.22. The van der Waals surface area contributed by atoms with Crippen molar-refractivity contribution in [3.05, 3.63) is 18.2 Å². The minimum absolute atomic E-state index is 0.0555. The summed E-state index contributed by atoms with van der Waals surface area (Å²) in [6.45, 7) is 3.33. The van der Waals surface area contributed by atoms with E-state index in [0.717, 1.165) is 5.75 Å². The van der Waals surface area contributed by atoms with Gasteiger partial charge in [0.2, 0.25) is 15.9 Å². The highest BCUT2D eigenvalue weighted by Crippen LogP contribution is 2.29. The quantitative estimate of drug-likeness (QED) is 0.850. The molecule has 18 heavy (non-hydrogen) atoms. The lowest BCUT2D eigenvalue weighted by Gasteiger charge is -2.17. The average molecular weight is 288 g/mol. The Hall–Kier alpha value is -1.05. The van der Waals surface area contributed by atoms with Crippen LogP contribution in [0.1, 0.15) is 13.8 Å². The Labute approximate surface area is 111 Å². The normalized spacial score (nSPS) is 11.3. The lowest BCUT2D eigenvalue weighted by Crippen LogP contribution is -2.23. The van der Waals surface area contributed by atoms with Crippen LogP contribution < -0.4 is 10.0 Å². The Morgan fingerprint density at radius 2 is 2.06 bits per heavy atom. The van der Waals surface area contributed by atoms with E-state index < -0.39 is 10.0 Å². The minimum atomic E-state index is -3.80. The molecule has 0 aliphatic rings. The maximum absolute atomic E-state index is 11.5. The zero-order valence-corrected chi connectivity index (χ0v) is 12.1. The van der Waals surface area contributed by atoms with Gasteiger partial charge in [0.25, 0.3) is 0 Å². The fourth-order valence-corrected chi connectivity index (χ4v) is 3.22. The first-order valence-corrected chi connectivity index (χ1v) is 7.84. The molecule has 1 rings (SSSR count). The highest BCUT2D eigenvalue weighted by molar-refractivity contribution is 8.00. The standard InChI is InChI=1S/C11H16N2O3S2/c1-4-17-10-6-5-9(13(3)8(2)14)7-11(10)18(12,15)16/h5-7H,4H2,1-3H3,(H2,12,15,16). The van der Waals surface area contributed by atoms with E-state index in [1.165, 1.54) is 29.7 Å². The average Bonchev–Trinajstić information content (AvgIpc) is 2.27. The van der Waals surface area contributed by atoms with E-state index in [2.05, 4.69) is 0 Å². The maximum atomic E-state index is 11.5. The highest BCUT2D eigenvalue weighted by Gasteiger charge is 2.17. The molecule has 1 amide bonds. The number of carbonyl (C=O) groups excluding carboxylic acids is 1. The predicted molar refractivity (Wildman–Crippen MR) is 73.3 cm³/mol. The number of amides is 1. The van der Waals surface area contributed by atoms with Crippen LogP contribution in [0.25, 0.3) is 0 Å². The zero-order chi connectivity index (χ0) is 13.9. The second-order valence-corrected chi connectivity index (χ2v) is 6.52. The third kappa shape index (κ3) is 3.47. The molecule has 1 aromatic carbocycles. The zero-order valence-electron chi connectivity index (χ0n) is 10.5. The van der Waals surface area contributed by atoms with Gasteiger partial charge in [-0.05, 0) is 24.0 Å². The van der Waals surface area contributed by atoms with Crippen LogP contribution in [0.2, 0.25) is 0 Å². The number of hydrogen-bond donors (Lipinski definition) is 1. The van der Waals surface area contributed by atoms with Crippen molar-refractivity contribution >= 4 is 33.4 Å². The second-order valence-electron chi connectivity index (χ2n) is 3.69. The van der Waals surface area contributed by atoms with Crippen molar-refractivity contribution in [1.82, 2.24) is 0 Å². The molecule has 0 aromatic heterocycles. The van der Waals surface area contributed by atoms with Gasteiger partial charge in [0, 0.05) is 24.6 Å². The third-order valence-electron chi connectivity index (χ3n) is 2.39. The molecule has 0 spiro atoms. The topological polar surface area (TPSA) is 80.5 Å². The maximum Gasteiger partial charge on any atom is 0.239 e. The fourth-order valence-electron chi connectivity index (χ4n) is 1.38. The Kier molecular flexibility index (Phi) is 4.78. The molecule has 0 aliphatic heterocycles. The van der Waals surface area contributed by atoms with Gasteiger partial charge in [0.1, 0.15) is 0 Å². The molecular formula is C11H16N2O3S2. The molecule has 0 atom stereocenters. The number of benzene rings is 1. The smallest absolute Gasteiger partial charge is 0.239 e. The lowest BCUT2D eigenvalue weighted by atomic mass is 10.3. The summed E-state index contributed by atoms with van der Waals surface area (Å²) >= 11 is 1.39. The Balaban J connectivity index is 3.35. The largest absolute Gasteiger partial charge is 0.316 e. The number of nitrogens with zero attached hydrogens (tertiary/aromatic N) is 1. The van der Waals surface area contributed by atoms with E-state index in [1.807, 2.05) is 6.92 Å². The Morgan fingerprint density at radius 1 is 1.44 bits per heavy atom. The molecule has 7 heteroatoms. The van der Waals surface area contributed by atoms with Crippen LogP contribution in [0, 0.1) is 0 Å². The third-order valence-corrected chi connectivity index (χ3v) is 4.43. The van der Waals surface area contributed by atoms with Crippen molar-refractivity contribution in [3.8, 4) is 0 Å². The molecule has 2 N–H and O–H groups in total. The van der Waals surface area contributed by atoms with Crippen molar-refractivity contribution in [2.45, 2.75) is 23.6 Å². The fraction of sp³-hybridized carbons (Fsp3) is 0.364.